The lowest BCUT2D eigenvalue weighted by Gasteiger charge is -2.34. The van der Waals surface area contributed by atoms with Crippen LogP contribution in [0.2, 0.25) is 0 Å². The lowest BCUT2D eigenvalue weighted by Crippen LogP contribution is -2.48. The summed E-state index contributed by atoms with van der Waals surface area (Å²) < 4.78 is 12.9. The Balaban J connectivity index is 0.00000192. The van der Waals surface area contributed by atoms with Gasteiger partial charge in [-0.05, 0) is 49.9 Å². The molecule has 1 aromatic carbocycles. The molecule has 0 bridgehead atoms. The van der Waals surface area contributed by atoms with Crippen molar-refractivity contribution in [3.8, 4) is 0 Å². The summed E-state index contributed by atoms with van der Waals surface area (Å²) in [6.07, 6.45) is 2.35. The summed E-state index contributed by atoms with van der Waals surface area (Å²) in [5.41, 5.74) is 0.924. The van der Waals surface area contributed by atoms with Gasteiger partial charge in [-0.1, -0.05) is 12.1 Å². The quantitative estimate of drug-likeness (QED) is 0.881. The molecule has 3 atom stereocenters. The van der Waals surface area contributed by atoms with Gasteiger partial charge >= 0.3 is 0 Å². The summed E-state index contributed by atoms with van der Waals surface area (Å²) in [5.74, 6) is 0.479. The minimum Gasteiger partial charge on any atom is -0.348 e. The Kier molecular flexibility index (Phi) is 6.39. The molecule has 2 N–H and O–H groups in total. The van der Waals surface area contributed by atoms with Gasteiger partial charge in [0.1, 0.15) is 5.82 Å². The molecular weight excluding hydrogens is 317 g/mol. The topological polar surface area (TPSA) is 44.4 Å². The fraction of sp³-hybridized carbons (Fsp3) is 0.588. The first kappa shape index (κ1) is 18.2. The van der Waals surface area contributed by atoms with Gasteiger partial charge in [0.2, 0.25) is 5.91 Å². The van der Waals surface area contributed by atoms with Gasteiger partial charge in [0.25, 0.3) is 0 Å². The number of likely N-dealkylation sites (tertiary alicyclic amines) is 1. The zero-order chi connectivity index (χ0) is 15.5. The molecule has 3 rings (SSSR count). The van der Waals surface area contributed by atoms with Crippen LogP contribution in [0.15, 0.2) is 24.3 Å². The molecule has 2 aliphatic heterocycles. The molecule has 6 heteroatoms. The number of hydrogen-bond donors (Lipinski definition) is 2. The second kappa shape index (κ2) is 8.08. The number of hydrogen-bond acceptors (Lipinski definition) is 3. The predicted octanol–water partition coefficient (Wildman–Crippen LogP) is 2.11. The van der Waals surface area contributed by atoms with E-state index in [1.165, 1.54) is 18.6 Å². The third-order valence-electron chi connectivity index (χ3n) is 4.85. The molecule has 0 spiro atoms. The fourth-order valence-electron chi connectivity index (χ4n) is 3.59. The van der Waals surface area contributed by atoms with E-state index in [1.807, 2.05) is 6.92 Å². The maximum atomic E-state index is 12.9. The van der Waals surface area contributed by atoms with E-state index in [9.17, 15) is 9.18 Å². The molecule has 0 aromatic heterocycles. The maximum absolute atomic E-state index is 12.9. The van der Waals surface area contributed by atoms with E-state index in [0.717, 1.165) is 31.6 Å². The largest absolute Gasteiger partial charge is 0.348 e. The number of benzene rings is 1. The van der Waals surface area contributed by atoms with Crippen LogP contribution < -0.4 is 10.6 Å². The van der Waals surface area contributed by atoms with Crippen molar-refractivity contribution in [3.05, 3.63) is 35.6 Å². The number of piperidine rings is 1. The summed E-state index contributed by atoms with van der Waals surface area (Å²) in [6.45, 7) is 5.48. The van der Waals surface area contributed by atoms with Crippen LogP contribution in [0.4, 0.5) is 4.39 Å². The SMILES string of the molecule is CC(NC(=O)CN1CCC2NCCC2C1)c1ccc(F)cc1.Cl. The van der Waals surface area contributed by atoms with Crippen LogP contribution in [0.3, 0.4) is 0 Å². The van der Waals surface area contributed by atoms with Gasteiger partial charge in [-0.25, -0.2) is 4.39 Å². The van der Waals surface area contributed by atoms with Gasteiger partial charge in [-0.2, -0.15) is 0 Å². The smallest absolute Gasteiger partial charge is 0.234 e. The summed E-state index contributed by atoms with van der Waals surface area (Å²) in [6, 6.07) is 6.84. The van der Waals surface area contributed by atoms with Gasteiger partial charge in [0.15, 0.2) is 0 Å². The number of halogens is 2. The zero-order valence-electron chi connectivity index (χ0n) is 13.4. The van der Waals surface area contributed by atoms with E-state index in [2.05, 4.69) is 15.5 Å². The van der Waals surface area contributed by atoms with Gasteiger partial charge in [0.05, 0.1) is 12.6 Å². The monoisotopic (exact) mass is 341 g/mol. The molecule has 0 aliphatic carbocycles. The molecule has 2 aliphatic rings. The van der Waals surface area contributed by atoms with Gasteiger partial charge in [0, 0.05) is 19.1 Å². The van der Waals surface area contributed by atoms with Gasteiger partial charge in [-0.15, -0.1) is 12.4 Å². The second-order valence-electron chi connectivity index (χ2n) is 6.47. The summed E-state index contributed by atoms with van der Waals surface area (Å²) in [5, 5.41) is 6.54. The van der Waals surface area contributed by atoms with Crippen LogP contribution in [0.1, 0.15) is 31.4 Å². The Morgan fingerprint density at radius 3 is 2.87 bits per heavy atom. The third kappa shape index (κ3) is 4.66. The Morgan fingerprint density at radius 1 is 1.39 bits per heavy atom. The molecule has 4 nitrogen and oxygen atoms in total. The molecular formula is C17H25ClFN3O. The van der Waals surface area contributed by atoms with Crippen LogP contribution >= 0.6 is 12.4 Å². The van der Waals surface area contributed by atoms with Crippen LogP contribution in [0.5, 0.6) is 0 Å². The van der Waals surface area contributed by atoms with Crippen molar-refractivity contribution in [1.29, 1.82) is 0 Å². The molecule has 0 saturated carbocycles. The standard InChI is InChI=1S/C17H24FN3O.ClH/c1-12(13-2-4-15(18)5-3-13)20-17(22)11-21-9-7-16-14(10-21)6-8-19-16;/h2-5,12,14,16,19H,6-11H2,1H3,(H,20,22);1H. The van der Waals surface area contributed by atoms with Crippen molar-refractivity contribution >= 4 is 18.3 Å². The van der Waals surface area contributed by atoms with E-state index in [1.54, 1.807) is 12.1 Å². The van der Waals surface area contributed by atoms with E-state index in [4.69, 9.17) is 0 Å². The summed E-state index contributed by atoms with van der Waals surface area (Å²) in [7, 11) is 0. The van der Waals surface area contributed by atoms with Crippen molar-refractivity contribution in [1.82, 2.24) is 15.5 Å². The molecule has 23 heavy (non-hydrogen) atoms. The molecule has 128 valence electrons. The van der Waals surface area contributed by atoms with Crippen LogP contribution in [-0.2, 0) is 4.79 Å². The zero-order valence-corrected chi connectivity index (χ0v) is 14.2. The highest BCUT2D eigenvalue weighted by Gasteiger charge is 2.33. The normalized spacial score (nSPS) is 25.3. The first-order chi connectivity index (χ1) is 10.6. The molecule has 1 amide bonds. The van der Waals surface area contributed by atoms with Crippen LogP contribution in [-0.4, -0.2) is 43.0 Å². The summed E-state index contributed by atoms with van der Waals surface area (Å²) in [4.78, 5) is 14.5. The number of fused-ring (bicyclic) bond motifs is 1. The first-order valence-electron chi connectivity index (χ1n) is 8.12. The third-order valence-corrected chi connectivity index (χ3v) is 4.85. The number of carbonyl (C=O) groups is 1. The molecule has 1 aromatic rings. The summed E-state index contributed by atoms with van der Waals surface area (Å²) >= 11 is 0. The number of amides is 1. The number of nitrogens with zero attached hydrogens (tertiary/aromatic N) is 1. The van der Waals surface area contributed by atoms with Crippen LogP contribution in [0, 0.1) is 11.7 Å². The van der Waals surface area contributed by atoms with Crippen LogP contribution in [0.25, 0.3) is 0 Å². The lowest BCUT2D eigenvalue weighted by atomic mass is 9.93. The highest BCUT2D eigenvalue weighted by atomic mass is 35.5. The Hall–Kier alpha value is -1.17. The predicted molar refractivity (Wildman–Crippen MR) is 91.2 cm³/mol. The molecule has 0 radical (unpaired) electrons. The molecule has 3 unspecified atom stereocenters. The Labute approximate surface area is 143 Å². The number of carbonyl (C=O) groups excluding carboxylic acids is 1. The minimum absolute atomic E-state index is 0. The molecule has 2 heterocycles. The number of rotatable bonds is 4. The van der Waals surface area contributed by atoms with Crippen molar-refractivity contribution in [2.45, 2.75) is 31.8 Å². The highest BCUT2D eigenvalue weighted by molar-refractivity contribution is 5.85. The average Bonchev–Trinajstić information content (AvgIpc) is 2.95. The highest BCUT2D eigenvalue weighted by Crippen LogP contribution is 2.24. The van der Waals surface area contributed by atoms with Crippen molar-refractivity contribution in [3.63, 3.8) is 0 Å². The van der Waals surface area contributed by atoms with E-state index < -0.39 is 0 Å². The van der Waals surface area contributed by atoms with Crippen molar-refractivity contribution < 1.29 is 9.18 Å². The maximum Gasteiger partial charge on any atom is 0.234 e. The number of nitrogens with one attached hydrogen (secondary N) is 2. The van der Waals surface area contributed by atoms with Gasteiger partial charge < -0.3 is 10.6 Å². The van der Waals surface area contributed by atoms with Crippen molar-refractivity contribution in [2.24, 2.45) is 5.92 Å². The van der Waals surface area contributed by atoms with E-state index in [0.29, 0.717) is 18.5 Å². The lowest BCUT2D eigenvalue weighted by molar-refractivity contribution is -0.123. The Bertz CT molecular complexity index is 525. The fourth-order valence-corrected chi connectivity index (χ4v) is 3.59. The average molecular weight is 342 g/mol. The minimum atomic E-state index is -0.254. The van der Waals surface area contributed by atoms with E-state index in [-0.39, 0.29) is 30.2 Å². The second-order valence-corrected chi connectivity index (χ2v) is 6.47. The Morgan fingerprint density at radius 2 is 2.13 bits per heavy atom. The molecule has 2 fully saturated rings. The van der Waals surface area contributed by atoms with Crippen molar-refractivity contribution in [2.75, 3.05) is 26.2 Å². The first-order valence-corrected chi connectivity index (χ1v) is 8.12. The molecule has 2 saturated heterocycles. The van der Waals surface area contributed by atoms with E-state index >= 15 is 0 Å². The van der Waals surface area contributed by atoms with Gasteiger partial charge in [-0.3, -0.25) is 9.69 Å².